The summed E-state index contributed by atoms with van der Waals surface area (Å²) in [5.74, 6) is 8.82. The number of fused-ring (bicyclic) bond motifs is 1. The Balaban J connectivity index is 0.000000402. The molecule has 0 aromatic heterocycles. The molecule has 0 amide bonds. The maximum Gasteiger partial charge on any atom is 0.308 e. The number of benzene rings is 7. The zero-order valence-electron chi connectivity index (χ0n) is 67.5. The molecule has 0 saturated carbocycles. The van der Waals surface area contributed by atoms with Crippen LogP contribution >= 0.6 is 0 Å². The van der Waals surface area contributed by atoms with Crippen LogP contribution in [0.5, 0.6) is 34.5 Å². The highest BCUT2D eigenvalue weighted by Gasteiger charge is 2.27. The van der Waals surface area contributed by atoms with Crippen LogP contribution < -0.4 is 28.4 Å². The van der Waals surface area contributed by atoms with Gasteiger partial charge in [-0.1, -0.05) is 196 Å². The molecule has 7 nitrogen and oxygen atoms in total. The van der Waals surface area contributed by atoms with Gasteiger partial charge in [-0.15, -0.1) is 0 Å². The molecule has 0 radical (unpaired) electrons. The van der Waals surface area contributed by atoms with Crippen LogP contribution in [0.25, 0.3) is 10.8 Å². The van der Waals surface area contributed by atoms with E-state index in [1.54, 1.807) is 0 Å². The Labute approximate surface area is 600 Å². The highest BCUT2D eigenvalue weighted by Crippen LogP contribution is 2.34. The van der Waals surface area contributed by atoms with Gasteiger partial charge >= 0.3 is 5.97 Å². The fourth-order valence-corrected chi connectivity index (χ4v) is 10.6. The molecule has 6 atom stereocenters. The van der Waals surface area contributed by atoms with E-state index in [1.165, 1.54) is 83.2 Å². The second-order valence-corrected chi connectivity index (χ2v) is 32.5. The van der Waals surface area contributed by atoms with Gasteiger partial charge in [-0.25, -0.2) is 0 Å². The first-order chi connectivity index (χ1) is 45.5. The topological polar surface area (TPSA) is 72.5 Å². The smallest absolute Gasteiger partial charge is 0.308 e. The van der Waals surface area contributed by atoms with E-state index < -0.39 is 0 Å². The molecular formula is C91H138O7. The first-order valence-electron chi connectivity index (χ1n) is 37.1. The van der Waals surface area contributed by atoms with E-state index in [4.69, 9.17) is 28.4 Å². The van der Waals surface area contributed by atoms with Crippen molar-refractivity contribution in [2.75, 3.05) is 0 Å². The third-order valence-corrected chi connectivity index (χ3v) is 17.4. The maximum absolute atomic E-state index is 10.7. The van der Waals surface area contributed by atoms with Crippen LogP contribution in [0.4, 0.5) is 0 Å². The summed E-state index contributed by atoms with van der Waals surface area (Å²) >= 11 is 0. The fraction of sp³-hybridized carbons (Fsp3) is 0.549. The lowest BCUT2D eigenvalue weighted by Crippen LogP contribution is -2.33. The lowest BCUT2D eigenvalue weighted by molar-refractivity contribution is -0.131. The van der Waals surface area contributed by atoms with Crippen molar-refractivity contribution in [2.45, 2.75) is 323 Å². The van der Waals surface area contributed by atoms with Gasteiger partial charge in [0.05, 0.1) is 0 Å². The number of carbonyl (C=O) groups excluding carboxylic acids is 1. The van der Waals surface area contributed by atoms with Crippen LogP contribution in [-0.4, -0.2) is 34.0 Å². The Morgan fingerprint density at radius 1 is 0.306 bits per heavy atom. The van der Waals surface area contributed by atoms with Gasteiger partial charge in [-0.05, 0) is 299 Å². The van der Waals surface area contributed by atoms with Crippen molar-refractivity contribution in [1.82, 2.24) is 0 Å². The van der Waals surface area contributed by atoms with Crippen molar-refractivity contribution in [3.8, 4) is 34.5 Å². The normalized spacial score (nSPS) is 13.5. The van der Waals surface area contributed by atoms with E-state index in [-0.39, 0.29) is 39.4 Å². The first-order valence-corrected chi connectivity index (χ1v) is 37.1. The summed E-state index contributed by atoms with van der Waals surface area (Å²) in [7, 11) is 0. The Hall–Kier alpha value is -6.73. The Morgan fingerprint density at radius 3 is 0.918 bits per heavy atom. The predicted octanol–water partition coefficient (Wildman–Crippen LogP) is 28.0. The summed E-state index contributed by atoms with van der Waals surface area (Å²) in [5.41, 5.74) is 7.93. The van der Waals surface area contributed by atoms with Gasteiger partial charge in [0.2, 0.25) is 0 Å². The number of rotatable bonds is 22. The lowest BCUT2D eigenvalue weighted by Gasteiger charge is -2.33. The molecule has 0 bridgehead atoms. The first kappa shape index (κ1) is 87.4. The van der Waals surface area contributed by atoms with E-state index in [1.807, 2.05) is 30.3 Å². The molecule has 98 heavy (non-hydrogen) atoms. The quantitative estimate of drug-likeness (QED) is 0.0494. The van der Waals surface area contributed by atoms with Crippen LogP contribution in [0.15, 0.2) is 158 Å². The van der Waals surface area contributed by atoms with Gasteiger partial charge in [0.15, 0.2) is 0 Å². The van der Waals surface area contributed by atoms with Gasteiger partial charge < -0.3 is 28.4 Å². The third kappa shape index (κ3) is 35.9. The molecule has 0 aliphatic carbocycles. The van der Waals surface area contributed by atoms with Crippen LogP contribution in [0.2, 0.25) is 0 Å². The average molecular weight is 1340 g/mol. The van der Waals surface area contributed by atoms with Gasteiger partial charge in [-0.2, -0.15) is 0 Å². The zero-order valence-corrected chi connectivity index (χ0v) is 67.5. The Morgan fingerprint density at radius 2 is 0.582 bits per heavy atom. The van der Waals surface area contributed by atoms with Crippen LogP contribution in [0.3, 0.4) is 0 Å². The second-order valence-electron chi connectivity index (χ2n) is 32.5. The van der Waals surface area contributed by atoms with E-state index in [9.17, 15) is 4.79 Å². The lowest BCUT2D eigenvalue weighted by atomic mass is 9.83. The molecule has 7 aromatic carbocycles. The van der Waals surface area contributed by atoms with Gasteiger partial charge in [0.25, 0.3) is 0 Å². The zero-order chi connectivity index (χ0) is 74.4. The SMILES string of the molecule is CCC(C)c1ccc(OC(C)(C)C)cc1.CCC(C)c1ccc(OC(C)(C)CC(C)(C)C)cc1.CCC(C)c1ccc(OC(C)(C)CC)cc1.CCC(C)c1ccc(OC(C)=O)cc1.CCC(C)c1ccc2cc(OC(C)(C)C)ccc2c1.CCC(C)c1cccc(OC(C)(C)C)c1. The van der Waals surface area contributed by atoms with Crippen LogP contribution in [0, 0.1) is 5.41 Å². The number of hydrogen-bond acceptors (Lipinski definition) is 7. The Bertz CT molecular complexity index is 3310. The minimum Gasteiger partial charge on any atom is -0.488 e. The number of hydrogen-bond donors (Lipinski definition) is 0. The summed E-state index contributed by atoms with van der Waals surface area (Å²) in [6, 6.07) is 54.7. The summed E-state index contributed by atoms with van der Waals surface area (Å²) < 4.78 is 34.5. The Kier molecular flexibility index (Phi) is 36.7. The van der Waals surface area contributed by atoms with Crippen LogP contribution in [-0.2, 0) is 4.79 Å². The molecule has 0 heterocycles. The molecule has 0 saturated heterocycles. The summed E-state index contributed by atoms with van der Waals surface area (Å²) in [4.78, 5) is 10.7. The molecule has 0 spiro atoms. The number of esters is 1. The van der Waals surface area contributed by atoms with E-state index in [2.05, 4.69) is 328 Å². The fourth-order valence-electron chi connectivity index (χ4n) is 10.6. The molecule has 0 aliphatic rings. The molecule has 6 unspecified atom stereocenters. The number of ether oxygens (including phenoxy) is 6. The number of carbonyl (C=O) groups is 1. The van der Waals surface area contributed by atoms with E-state index in [0.29, 0.717) is 41.3 Å². The van der Waals surface area contributed by atoms with Gasteiger partial charge in [0.1, 0.15) is 62.5 Å². The van der Waals surface area contributed by atoms with E-state index in [0.717, 1.165) is 48.0 Å². The standard InChI is InChI=1S/C18H24O.C18H30O.C15H24O.2C14H22O.C12H16O2/c1-6-13(2)14-7-8-16-12-17(19-18(3,4)5)10-9-15(16)11-14;1-8-14(2)15-9-11-16(12-10-15)19-18(6,7)13-17(3,4)5;1-6-12(3)13-8-10-14(11-9-13)16-15(4,5)7-2;1-6-11(2)12-7-9-13(10-8-12)15-14(3,4)5;1-6-11(2)12-8-7-9-13(10-12)15-14(3,4)5;1-4-9(2)11-5-7-12(8-6-11)14-10(3)13/h7-13H,6H2,1-5H3;9-12,14H,8,13H2,1-7H3;8-12H,6-7H2,1-5H3;2*7-11H,6H2,1-5H3;5-9H,4H2,1-3H3. The van der Waals surface area contributed by atoms with E-state index >= 15 is 0 Å². The summed E-state index contributed by atoms with van der Waals surface area (Å²) in [6.45, 7) is 64.2. The van der Waals surface area contributed by atoms with Crippen molar-refractivity contribution in [3.05, 3.63) is 191 Å². The maximum atomic E-state index is 10.7. The minimum atomic E-state index is -0.277. The second kappa shape index (κ2) is 41.1. The predicted molar refractivity (Wildman–Crippen MR) is 425 cm³/mol. The monoisotopic (exact) mass is 1340 g/mol. The molecular weight excluding hydrogens is 1200 g/mol. The molecule has 0 aliphatic heterocycles. The van der Waals surface area contributed by atoms with Crippen molar-refractivity contribution in [1.29, 1.82) is 0 Å². The molecule has 7 heteroatoms. The van der Waals surface area contributed by atoms with Crippen molar-refractivity contribution < 1.29 is 33.2 Å². The van der Waals surface area contributed by atoms with Crippen molar-refractivity contribution in [2.24, 2.45) is 5.41 Å². The highest BCUT2D eigenvalue weighted by atomic mass is 16.5. The minimum absolute atomic E-state index is 0.0715. The van der Waals surface area contributed by atoms with Crippen LogP contribution in [0.1, 0.15) is 328 Å². The molecule has 7 rings (SSSR count). The van der Waals surface area contributed by atoms with Gasteiger partial charge in [0, 0.05) is 6.92 Å². The van der Waals surface area contributed by atoms with Crippen molar-refractivity contribution in [3.63, 3.8) is 0 Å². The average Bonchev–Trinajstić information content (AvgIpc) is 0.829. The summed E-state index contributed by atoms with van der Waals surface area (Å²) in [6.07, 6.45) is 9.05. The molecule has 0 fully saturated rings. The molecule has 544 valence electrons. The van der Waals surface area contributed by atoms with Crippen molar-refractivity contribution >= 4 is 16.7 Å². The largest absolute Gasteiger partial charge is 0.488 e. The highest BCUT2D eigenvalue weighted by molar-refractivity contribution is 5.84. The third-order valence-electron chi connectivity index (χ3n) is 17.4. The molecule has 7 aromatic rings. The van der Waals surface area contributed by atoms with Gasteiger partial charge in [-0.3, -0.25) is 4.79 Å². The summed E-state index contributed by atoms with van der Waals surface area (Å²) in [5, 5.41) is 2.54. The molecule has 0 N–H and O–H groups in total.